The van der Waals surface area contributed by atoms with E-state index in [1.165, 1.54) is 43.4 Å². The molecule has 2 heterocycles. The van der Waals surface area contributed by atoms with Gasteiger partial charge in [-0.3, -0.25) is 0 Å². The van der Waals surface area contributed by atoms with Gasteiger partial charge in [0.25, 0.3) is 0 Å². The van der Waals surface area contributed by atoms with Crippen molar-refractivity contribution in [3.05, 3.63) is 29.8 Å². The Bertz CT molecular complexity index is 371. The lowest BCUT2D eigenvalue weighted by atomic mass is 9.89. The Morgan fingerprint density at radius 1 is 1.24 bits per heavy atom. The van der Waals surface area contributed by atoms with E-state index >= 15 is 0 Å². The Morgan fingerprint density at radius 2 is 2.18 bits per heavy atom. The van der Waals surface area contributed by atoms with E-state index in [0.29, 0.717) is 6.04 Å². The predicted molar refractivity (Wildman–Crippen MR) is 70.3 cm³/mol. The van der Waals surface area contributed by atoms with Crippen LogP contribution in [0.1, 0.15) is 31.2 Å². The Balaban J connectivity index is 1.60. The van der Waals surface area contributed by atoms with E-state index in [2.05, 4.69) is 29.6 Å². The minimum atomic E-state index is 0.650. The van der Waals surface area contributed by atoms with Crippen molar-refractivity contribution in [3.8, 4) is 0 Å². The standard InChI is InChI=1S/C15H21NO/c1-2-6-15-13(5-1)7-8-14(16-15)10-12-4-3-9-17-11-12/h1-2,5-6,12,14,16H,3-4,7-11H2. The number of nitrogens with one attached hydrogen (secondary N) is 1. The van der Waals surface area contributed by atoms with Gasteiger partial charge in [0.1, 0.15) is 0 Å². The molecule has 2 atom stereocenters. The van der Waals surface area contributed by atoms with Crippen LogP contribution in [0.2, 0.25) is 0 Å². The van der Waals surface area contributed by atoms with Crippen LogP contribution in [0, 0.1) is 5.92 Å². The van der Waals surface area contributed by atoms with Gasteiger partial charge in [-0.2, -0.15) is 0 Å². The third-order valence-corrected chi connectivity index (χ3v) is 4.01. The Hall–Kier alpha value is -1.02. The summed E-state index contributed by atoms with van der Waals surface area (Å²) in [5, 5.41) is 3.69. The molecule has 1 aromatic carbocycles. The van der Waals surface area contributed by atoms with Crippen molar-refractivity contribution in [1.29, 1.82) is 0 Å². The van der Waals surface area contributed by atoms with Gasteiger partial charge in [-0.1, -0.05) is 18.2 Å². The molecule has 3 rings (SSSR count). The molecule has 2 heteroatoms. The number of fused-ring (bicyclic) bond motifs is 1. The molecule has 2 unspecified atom stereocenters. The lowest BCUT2D eigenvalue weighted by Crippen LogP contribution is -2.30. The summed E-state index contributed by atoms with van der Waals surface area (Å²) >= 11 is 0. The van der Waals surface area contributed by atoms with Gasteiger partial charge in [-0.15, -0.1) is 0 Å². The second-order valence-electron chi connectivity index (χ2n) is 5.36. The van der Waals surface area contributed by atoms with E-state index in [-0.39, 0.29) is 0 Å². The number of ether oxygens (including phenoxy) is 1. The monoisotopic (exact) mass is 231 g/mol. The van der Waals surface area contributed by atoms with Gasteiger partial charge >= 0.3 is 0 Å². The average Bonchev–Trinajstić information content (AvgIpc) is 2.40. The molecule has 1 saturated heterocycles. The summed E-state index contributed by atoms with van der Waals surface area (Å²) < 4.78 is 5.57. The van der Waals surface area contributed by atoms with Gasteiger partial charge in [0.05, 0.1) is 0 Å². The molecule has 0 bridgehead atoms. The SMILES string of the molecule is c1ccc2c(c1)CCC(CC1CCCOC1)N2. The number of para-hydroxylation sites is 1. The topological polar surface area (TPSA) is 21.3 Å². The van der Waals surface area contributed by atoms with Crippen LogP contribution in [0.3, 0.4) is 0 Å². The van der Waals surface area contributed by atoms with Crippen LogP contribution >= 0.6 is 0 Å². The molecule has 92 valence electrons. The minimum Gasteiger partial charge on any atom is -0.382 e. The first-order valence-corrected chi connectivity index (χ1v) is 6.84. The fourth-order valence-corrected chi connectivity index (χ4v) is 3.07. The van der Waals surface area contributed by atoms with Crippen molar-refractivity contribution in [2.24, 2.45) is 5.92 Å². The van der Waals surface area contributed by atoms with Crippen LogP contribution in [0.5, 0.6) is 0 Å². The van der Waals surface area contributed by atoms with E-state index < -0.39 is 0 Å². The van der Waals surface area contributed by atoms with Crippen molar-refractivity contribution in [1.82, 2.24) is 0 Å². The van der Waals surface area contributed by atoms with E-state index in [4.69, 9.17) is 4.74 Å². The van der Waals surface area contributed by atoms with Crippen LogP contribution in [-0.2, 0) is 11.2 Å². The number of anilines is 1. The first-order chi connectivity index (χ1) is 8.42. The number of benzene rings is 1. The fraction of sp³-hybridized carbons (Fsp3) is 0.600. The molecule has 0 amide bonds. The lowest BCUT2D eigenvalue weighted by molar-refractivity contribution is 0.0494. The molecular formula is C15H21NO. The summed E-state index contributed by atoms with van der Waals surface area (Å²) in [5.41, 5.74) is 2.82. The normalized spacial score (nSPS) is 28.2. The molecule has 2 nitrogen and oxygen atoms in total. The maximum atomic E-state index is 5.57. The lowest BCUT2D eigenvalue weighted by Gasteiger charge is -2.31. The van der Waals surface area contributed by atoms with Crippen LogP contribution in [0.4, 0.5) is 5.69 Å². The van der Waals surface area contributed by atoms with E-state index in [0.717, 1.165) is 19.1 Å². The molecule has 17 heavy (non-hydrogen) atoms. The van der Waals surface area contributed by atoms with Crippen LogP contribution in [0.15, 0.2) is 24.3 Å². The van der Waals surface area contributed by atoms with Gasteiger partial charge in [0.15, 0.2) is 0 Å². The summed E-state index contributed by atoms with van der Waals surface area (Å²) in [5.74, 6) is 0.770. The van der Waals surface area contributed by atoms with E-state index in [9.17, 15) is 0 Å². The molecule has 1 N–H and O–H groups in total. The largest absolute Gasteiger partial charge is 0.382 e. The summed E-state index contributed by atoms with van der Waals surface area (Å²) in [7, 11) is 0. The van der Waals surface area contributed by atoms with Gasteiger partial charge in [-0.05, 0) is 49.7 Å². The van der Waals surface area contributed by atoms with Gasteiger partial charge < -0.3 is 10.1 Å². The number of rotatable bonds is 2. The maximum Gasteiger partial charge on any atom is 0.0495 e. The smallest absolute Gasteiger partial charge is 0.0495 e. The molecule has 0 aliphatic carbocycles. The summed E-state index contributed by atoms with van der Waals surface area (Å²) in [6, 6.07) is 9.35. The fourth-order valence-electron chi connectivity index (χ4n) is 3.07. The van der Waals surface area contributed by atoms with Crippen molar-refractivity contribution in [3.63, 3.8) is 0 Å². The Kier molecular flexibility index (Phi) is 3.32. The van der Waals surface area contributed by atoms with Gasteiger partial charge in [0.2, 0.25) is 0 Å². The first-order valence-electron chi connectivity index (χ1n) is 6.84. The molecule has 0 radical (unpaired) electrons. The molecule has 2 aliphatic heterocycles. The molecule has 1 aromatic rings. The summed E-state index contributed by atoms with van der Waals surface area (Å²) in [4.78, 5) is 0. The van der Waals surface area contributed by atoms with Crippen molar-refractivity contribution >= 4 is 5.69 Å². The highest BCUT2D eigenvalue weighted by atomic mass is 16.5. The second-order valence-corrected chi connectivity index (χ2v) is 5.36. The van der Waals surface area contributed by atoms with Gasteiger partial charge in [0, 0.05) is 24.9 Å². The molecular weight excluding hydrogens is 210 g/mol. The van der Waals surface area contributed by atoms with Crippen LogP contribution in [-0.4, -0.2) is 19.3 Å². The highest BCUT2D eigenvalue weighted by Crippen LogP contribution is 2.29. The second kappa shape index (κ2) is 5.09. The van der Waals surface area contributed by atoms with E-state index in [1.54, 1.807) is 0 Å². The van der Waals surface area contributed by atoms with Crippen molar-refractivity contribution < 1.29 is 4.74 Å². The number of hydrogen-bond acceptors (Lipinski definition) is 2. The highest BCUT2D eigenvalue weighted by molar-refractivity contribution is 5.53. The van der Waals surface area contributed by atoms with Crippen LogP contribution in [0.25, 0.3) is 0 Å². The zero-order chi connectivity index (χ0) is 11.5. The summed E-state index contributed by atoms with van der Waals surface area (Å²) in [6.07, 6.45) is 6.36. The van der Waals surface area contributed by atoms with Gasteiger partial charge in [-0.25, -0.2) is 0 Å². The van der Waals surface area contributed by atoms with Crippen molar-refractivity contribution in [2.75, 3.05) is 18.5 Å². The minimum absolute atomic E-state index is 0.650. The quantitative estimate of drug-likeness (QED) is 0.843. The molecule has 1 fully saturated rings. The first kappa shape index (κ1) is 11.1. The Labute approximate surface area is 103 Å². The molecule has 0 saturated carbocycles. The summed E-state index contributed by atoms with van der Waals surface area (Å²) in [6.45, 7) is 1.94. The zero-order valence-corrected chi connectivity index (χ0v) is 10.3. The third-order valence-electron chi connectivity index (χ3n) is 4.01. The molecule has 0 spiro atoms. The zero-order valence-electron chi connectivity index (χ0n) is 10.3. The Morgan fingerprint density at radius 3 is 3.06 bits per heavy atom. The maximum absolute atomic E-state index is 5.57. The average molecular weight is 231 g/mol. The third kappa shape index (κ3) is 2.63. The highest BCUT2D eigenvalue weighted by Gasteiger charge is 2.22. The predicted octanol–water partition coefficient (Wildman–Crippen LogP) is 3.23. The van der Waals surface area contributed by atoms with Crippen molar-refractivity contribution in [2.45, 2.75) is 38.1 Å². The molecule has 0 aromatic heterocycles. The van der Waals surface area contributed by atoms with Crippen LogP contribution < -0.4 is 5.32 Å². The number of aryl methyl sites for hydroxylation is 1. The molecule has 2 aliphatic rings. The number of hydrogen-bond donors (Lipinski definition) is 1. The van der Waals surface area contributed by atoms with E-state index in [1.807, 2.05) is 0 Å².